The molecule has 0 atom stereocenters. The molecule has 156 valence electrons. The Labute approximate surface area is 169 Å². The third-order valence-corrected chi connectivity index (χ3v) is 6.09. The van der Waals surface area contributed by atoms with Crippen LogP contribution >= 0.6 is 11.6 Å². The number of benzene rings is 1. The summed E-state index contributed by atoms with van der Waals surface area (Å²) in [5.41, 5.74) is 0.904. The van der Waals surface area contributed by atoms with E-state index in [0.717, 1.165) is 12.3 Å². The summed E-state index contributed by atoms with van der Waals surface area (Å²) in [6.45, 7) is -1.15. The highest BCUT2D eigenvalue weighted by Gasteiger charge is 2.29. The lowest BCUT2D eigenvalue weighted by Crippen LogP contribution is -2.25. The number of nitrogens with zero attached hydrogens (tertiary/aromatic N) is 2. The molecule has 0 spiro atoms. The fraction of sp³-hybridized carbons (Fsp3) is 0.294. The Morgan fingerprint density at radius 3 is 2.52 bits per heavy atom. The van der Waals surface area contributed by atoms with Crippen LogP contribution in [0, 0.1) is 0 Å². The monoisotopic (exact) mass is 449 g/mol. The van der Waals surface area contributed by atoms with Crippen LogP contribution in [0.15, 0.2) is 36.5 Å². The molecule has 0 aliphatic carbocycles. The van der Waals surface area contributed by atoms with Crippen molar-refractivity contribution in [1.29, 1.82) is 0 Å². The quantitative estimate of drug-likeness (QED) is 0.755. The largest absolute Gasteiger partial charge is 0.467 e. The summed E-state index contributed by atoms with van der Waals surface area (Å²) >= 11 is 5.83. The summed E-state index contributed by atoms with van der Waals surface area (Å²) in [5, 5.41) is 2.33. The normalized spacial score (nSPS) is 15.9. The lowest BCUT2D eigenvalue weighted by Gasteiger charge is -2.17. The van der Waals surface area contributed by atoms with E-state index in [2.05, 4.69) is 15.0 Å². The highest BCUT2D eigenvalue weighted by Crippen LogP contribution is 2.27. The maximum absolute atomic E-state index is 12.3. The molecule has 1 fully saturated rings. The molecule has 1 aromatic heterocycles. The van der Waals surface area contributed by atoms with E-state index in [-0.39, 0.29) is 16.3 Å². The number of hydrogen-bond donors (Lipinski definition) is 1. The first-order valence-corrected chi connectivity index (χ1v) is 10.3. The van der Waals surface area contributed by atoms with Gasteiger partial charge in [0, 0.05) is 18.4 Å². The van der Waals surface area contributed by atoms with E-state index in [9.17, 15) is 26.4 Å². The fourth-order valence-corrected chi connectivity index (χ4v) is 4.44. The summed E-state index contributed by atoms with van der Waals surface area (Å²) in [5.74, 6) is -0.929. The molecule has 2 aromatic rings. The van der Waals surface area contributed by atoms with Crippen LogP contribution in [0.3, 0.4) is 0 Å². The van der Waals surface area contributed by atoms with Crippen LogP contribution in [0.5, 0.6) is 5.88 Å². The highest BCUT2D eigenvalue weighted by molar-refractivity contribution is 7.93. The number of carbonyl (C=O) groups excluding carboxylic acids is 1. The van der Waals surface area contributed by atoms with Gasteiger partial charge >= 0.3 is 6.18 Å². The Kier molecular flexibility index (Phi) is 5.90. The summed E-state index contributed by atoms with van der Waals surface area (Å²) in [6, 6.07) is 7.35. The van der Waals surface area contributed by atoms with Crippen molar-refractivity contribution in [2.24, 2.45) is 0 Å². The van der Waals surface area contributed by atoms with Gasteiger partial charge in [0.25, 0.3) is 5.91 Å². The Morgan fingerprint density at radius 1 is 1.28 bits per heavy atom. The van der Waals surface area contributed by atoms with Gasteiger partial charge in [-0.25, -0.2) is 13.4 Å². The molecule has 7 nitrogen and oxygen atoms in total. The predicted octanol–water partition coefficient (Wildman–Crippen LogP) is 3.47. The van der Waals surface area contributed by atoms with Crippen molar-refractivity contribution in [2.75, 3.05) is 28.5 Å². The summed E-state index contributed by atoms with van der Waals surface area (Å²) in [7, 11) is -3.30. The van der Waals surface area contributed by atoms with Crippen molar-refractivity contribution in [2.45, 2.75) is 12.6 Å². The zero-order valence-electron chi connectivity index (χ0n) is 14.7. The van der Waals surface area contributed by atoms with Gasteiger partial charge in [-0.05, 0) is 36.8 Å². The Bertz CT molecular complexity index is 1010. The van der Waals surface area contributed by atoms with Crippen LogP contribution in [0.4, 0.5) is 24.5 Å². The minimum absolute atomic E-state index is 0.0144. The fourth-order valence-electron chi connectivity index (χ4n) is 2.65. The van der Waals surface area contributed by atoms with Crippen LogP contribution in [-0.4, -0.2) is 44.4 Å². The number of aromatic nitrogens is 1. The number of ether oxygens (including phenoxy) is 1. The van der Waals surface area contributed by atoms with Crippen molar-refractivity contribution in [3.8, 4) is 5.88 Å². The van der Waals surface area contributed by atoms with Crippen LogP contribution < -0.4 is 14.4 Å². The van der Waals surface area contributed by atoms with Gasteiger partial charge in [0.1, 0.15) is 5.02 Å². The second-order valence-electron chi connectivity index (χ2n) is 6.16. The highest BCUT2D eigenvalue weighted by atomic mass is 35.5. The number of anilines is 2. The van der Waals surface area contributed by atoms with Gasteiger partial charge in [-0.2, -0.15) is 13.2 Å². The van der Waals surface area contributed by atoms with Crippen molar-refractivity contribution in [3.63, 3.8) is 0 Å². The Morgan fingerprint density at radius 2 is 1.97 bits per heavy atom. The van der Waals surface area contributed by atoms with E-state index in [4.69, 9.17) is 11.6 Å². The first-order chi connectivity index (χ1) is 13.5. The minimum Gasteiger partial charge on any atom is -0.467 e. The molecule has 1 N–H and O–H groups in total. The topological polar surface area (TPSA) is 88.6 Å². The summed E-state index contributed by atoms with van der Waals surface area (Å²) in [6.07, 6.45) is -2.95. The Hall–Kier alpha value is -2.53. The maximum atomic E-state index is 12.3. The smallest absolute Gasteiger partial charge is 0.422 e. The lowest BCUT2D eigenvalue weighted by molar-refractivity contribution is -0.154. The summed E-state index contributed by atoms with van der Waals surface area (Å²) < 4.78 is 66.2. The molecule has 1 saturated heterocycles. The van der Waals surface area contributed by atoms with Crippen molar-refractivity contribution in [1.82, 2.24) is 4.98 Å². The molecule has 3 rings (SSSR count). The second-order valence-corrected chi connectivity index (χ2v) is 8.58. The average Bonchev–Trinajstić information content (AvgIpc) is 2.99. The number of rotatable bonds is 5. The van der Waals surface area contributed by atoms with Gasteiger partial charge < -0.3 is 10.1 Å². The molecule has 12 heteroatoms. The molecule has 1 amide bonds. The molecule has 1 aromatic carbocycles. The average molecular weight is 450 g/mol. The first kappa shape index (κ1) is 21.2. The molecule has 0 radical (unpaired) electrons. The molecule has 2 heterocycles. The van der Waals surface area contributed by atoms with E-state index in [1.807, 2.05) is 0 Å². The van der Waals surface area contributed by atoms with E-state index >= 15 is 0 Å². The number of hydrogen-bond acceptors (Lipinski definition) is 5. The third-order valence-electron chi connectivity index (χ3n) is 3.95. The number of carbonyl (C=O) groups is 1. The maximum Gasteiger partial charge on any atom is 0.422 e. The molecule has 29 heavy (non-hydrogen) atoms. The molecule has 0 bridgehead atoms. The van der Waals surface area contributed by atoms with Crippen LogP contribution in [0.25, 0.3) is 0 Å². The number of pyridine rings is 1. The van der Waals surface area contributed by atoms with E-state index < -0.39 is 34.6 Å². The molecule has 1 aliphatic rings. The summed E-state index contributed by atoms with van der Waals surface area (Å²) in [4.78, 5) is 15.9. The van der Waals surface area contributed by atoms with Crippen LogP contribution in [-0.2, 0) is 10.0 Å². The second kappa shape index (κ2) is 8.07. The van der Waals surface area contributed by atoms with Gasteiger partial charge in [0.15, 0.2) is 6.61 Å². The molecule has 0 saturated carbocycles. The van der Waals surface area contributed by atoms with Gasteiger partial charge in [-0.1, -0.05) is 11.6 Å². The first-order valence-electron chi connectivity index (χ1n) is 8.32. The van der Waals surface area contributed by atoms with Crippen LogP contribution in [0.1, 0.15) is 16.8 Å². The van der Waals surface area contributed by atoms with Crippen molar-refractivity contribution >= 4 is 38.9 Å². The SMILES string of the molecule is O=C(Nc1ccc(N2CCCS2(=O)=O)cc1)c1cnc(OCC(F)(F)F)c(Cl)c1. The number of alkyl halides is 3. The van der Waals surface area contributed by atoms with Crippen LogP contribution in [0.2, 0.25) is 5.02 Å². The Balaban J connectivity index is 1.66. The number of nitrogens with one attached hydrogen (secondary N) is 1. The van der Waals surface area contributed by atoms with E-state index in [1.165, 1.54) is 16.4 Å². The molecule has 1 aliphatic heterocycles. The van der Waals surface area contributed by atoms with Gasteiger partial charge in [0.05, 0.1) is 17.0 Å². The van der Waals surface area contributed by atoms with E-state index in [1.54, 1.807) is 12.1 Å². The van der Waals surface area contributed by atoms with E-state index in [0.29, 0.717) is 24.3 Å². The predicted molar refractivity (Wildman–Crippen MR) is 101 cm³/mol. The number of sulfonamides is 1. The van der Waals surface area contributed by atoms with Crippen molar-refractivity contribution < 1.29 is 31.1 Å². The number of halogens is 4. The zero-order chi connectivity index (χ0) is 21.2. The number of amides is 1. The lowest BCUT2D eigenvalue weighted by atomic mass is 10.2. The van der Waals surface area contributed by atoms with Gasteiger partial charge in [-0.15, -0.1) is 0 Å². The molecule has 0 unspecified atom stereocenters. The molecular formula is C17H15ClF3N3O4S. The molecular weight excluding hydrogens is 435 g/mol. The van der Waals surface area contributed by atoms with Gasteiger partial charge in [-0.3, -0.25) is 9.10 Å². The van der Waals surface area contributed by atoms with Crippen molar-refractivity contribution in [3.05, 3.63) is 47.1 Å². The van der Waals surface area contributed by atoms with Gasteiger partial charge in [0.2, 0.25) is 15.9 Å². The standard InChI is InChI=1S/C17H15ClF3N3O4S/c18-14-8-11(9-22-16(14)28-10-17(19,20)21)15(25)23-12-2-4-13(5-3-12)24-6-1-7-29(24,26)27/h2-5,8-9H,1,6-7,10H2,(H,23,25). The third kappa shape index (κ3) is 5.30. The minimum atomic E-state index is -4.54. The zero-order valence-corrected chi connectivity index (χ0v) is 16.3.